The lowest BCUT2D eigenvalue weighted by molar-refractivity contribution is -0.384. The molecule has 2 aromatic carbocycles. The molecular weight excluding hydrogens is 566 g/mol. The van der Waals surface area contributed by atoms with Crippen molar-refractivity contribution in [3.8, 4) is 5.75 Å². The van der Waals surface area contributed by atoms with Crippen molar-refractivity contribution in [2.45, 2.75) is 82.9 Å². The van der Waals surface area contributed by atoms with Crippen molar-refractivity contribution in [1.29, 1.82) is 0 Å². The number of halogens is 1. The average Bonchev–Trinajstić information content (AvgIpc) is 3.23. The highest BCUT2D eigenvalue weighted by Crippen LogP contribution is 2.39. The molecule has 7 nitrogen and oxygen atoms in total. The Morgan fingerprint density at radius 1 is 1.05 bits per heavy atom. The number of nitrogens with zero attached hydrogens (tertiary/aromatic N) is 3. The number of hydrogen-bond donors (Lipinski definition) is 0. The highest BCUT2D eigenvalue weighted by Gasteiger charge is 2.39. The number of hydrogen-bond acceptors (Lipinski definition) is 6. The third-order valence-electron chi connectivity index (χ3n) is 7.41. The Bertz CT molecular complexity index is 1250. The summed E-state index contributed by atoms with van der Waals surface area (Å²) in [4.78, 5) is 32.1. The minimum atomic E-state index is -0.412. The van der Waals surface area contributed by atoms with Crippen LogP contribution in [0.2, 0.25) is 0 Å². The van der Waals surface area contributed by atoms with E-state index in [0.29, 0.717) is 16.7 Å². The molecule has 1 saturated heterocycles. The van der Waals surface area contributed by atoms with E-state index in [2.05, 4.69) is 15.9 Å². The molecule has 1 aliphatic heterocycles. The fourth-order valence-electron chi connectivity index (χ4n) is 5.40. The molecule has 0 unspecified atom stereocenters. The second-order valence-corrected chi connectivity index (χ2v) is 12.1. The summed E-state index contributed by atoms with van der Waals surface area (Å²) < 4.78 is 6.67. The number of carbonyl (C=O) groups is 1. The molecule has 0 aromatic heterocycles. The molecule has 3 fully saturated rings. The van der Waals surface area contributed by atoms with Crippen LogP contribution in [0, 0.1) is 10.1 Å². The van der Waals surface area contributed by atoms with Gasteiger partial charge in [0.1, 0.15) is 12.4 Å². The predicted octanol–water partition coefficient (Wildman–Crippen LogP) is 7.87. The molecule has 5 rings (SSSR count). The molecule has 2 aliphatic carbocycles. The Hall–Kier alpha value is -2.65. The monoisotopic (exact) mass is 597 g/mol. The van der Waals surface area contributed by atoms with E-state index in [-0.39, 0.29) is 24.2 Å². The van der Waals surface area contributed by atoms with Crippen LogP contribution in [-0.4, -0.2) is 33.0 Å². The van der Waals surface area contributed by atoms with E-state index < -0.39 is 4.92 Å². The van der Waals surface area contributed by atoms with E-state index in [9.17, 15) is 14.9 Å². The number of rotatable bonds is 7. The molecular formula is C29H32BrN3O4S. The molecule has 1 heterocycles. The van der Waals surface area contributed by atoms with E-state index in [1.54, 1.807) is 12.1 Å². The molecule has 38 heavy (non-hydrogen) atoms. The Morgan fingerprint density at radius 3 is 2.50 bits per heavy atom. The summed E-state index contributed by atoms with van der Waals surface area (Å²) in [7, 11) is 0. The van der Waals surface area contributed by atoms with Gasteiger partial charge in [-0.25, -0.2) is 0 Å². The van der Waals surface area contributed by atoms with Crippen LogP contribution in [0.15, 0.2) is 56.8 Å². The van der Waals surface area contributed by atoms with Gasteiger partial charge in [-0.1, -0.05) is 56.7 Å². The summed E-state index contributed by atoms with van der Waals surface area (Å²) in [5, 5.41) is 11.9. The number of nitro benzene ring substituents is 1. The summed E-state index contributed by atoms with van der Waals surface area (Å²) >= 11 is 5.10. The second-order valence-electron chi connectivity index (χ2n) is 10.2. The zero-order chi connectivity index (χ0) is 26.5. The van der Waals surface area contributed by atoms with Crippen molar-refractivity contribution in [1.82, 2.24) is 4.90 Å². The van der Waals surface area contributed by atoms with E-state index in [4.69, 9.17) is 9.73 Å². The van der Waals surface area contributed by atoms with Crippen LogP contribution in [0.1, 0.15) is 75.3 Å². The summed E-state index contributed by atoms with van der Waals surface area (Å²) in [5.74, 6) is 0.700. The SMILES string of the molecule is O=C1C(=Cc2ccc(OCc3cccc([N+](=O)[O-])c3)c(Br)c2)SC(=NC2CCCCC2)N1C1CCCCC1. The van der Waals surface area contributed by atoms with Gasteiger partial charge in [-0.05, 0) is 82.7 Å². The summed E-state index contributed by atoms with van der Waals surface area (Å²) in [5.41, 5.74) is 1.66. The van der Waals surface area contributed by atoms with Gasteiger partial charge in [-0.2, -0.15) is 0 Å². The molecule has 1 amide bonds. The van der Waals surface area contributed by atoms with Crippen molar-refractivity contribution in [3.05, 3.63) is 73.1 Å². The maximum Gasteiger partial charge on any atom is 0.269 e. The zero-order valence-electron chi connectivity index (χ0n) is 21.3. The molecule has 0 atom stereocenters. The minimum absolute atomic E-state index is 0.0412. The number of benzene rings is 2. The van der Waals surface area contributed by atoms with Gasteiger partial charge in [-0.15, -0.1) is 0 Å². The maximum atomic E-state index is 13.6. The van der Waals surface area contributed by atoms with Crippen LogP contribution in [0.4, 0.5) is 5.69 Å². The first kappa shape index (κ1) is 26.9. The lowest BCUT2D eigenvalue weighted by Gasteiger charge is -2.31. The first-order valence-corrected chi connectivity index (χ1v) is 15.1. The molecule has 9 heteroatoms. The Kier molecular flexibility index (Phi) is 8.84. The molecule has 0 radical (unpaired) electrons. The van der Waals surface area contributed by atoms with Gasteiger partial charge in [0, 0.05) is 18.2 Å². The number of carbonyl (C=O) groups excluding carboxylic acids is 1. The smallest absolute Gasteiger partial charge is 0.269 e. The topological polar surface area (TPSA) is 85.0 Å². The van der Waals surface area contributed by atoms with E-state index in [0.717, 1.165) is 46.5 Å². The Labute approximate surface area is 236 Å². The molecule has 200 valence electrons. The fraction of sp³-hybridized carbons (Fsp3) is 0.448. The van der Waals surface area contributed by atoms with Gasteiger partial charge < -0.3 is 4.74 Å². The number of ether oxygens (including phenoxy) is 1. The molecule has 0 spiro atoms. The predicted molar refractivity (Wildman–Crippen MR) is 155 cm³/mol. The van der Waals surface area contributed by atoms with E-state index in [1.807, 2.05) is 29.2 Å². The van der Waals surface area contributed by atoms with Crippen LogP contribution in [0.3, 0.4) is 0 Å². The average molecular weight is 599 g/mol. The van der Waals surface area contributed by atoms with Gasteiger partial charge >= 0.3 is 0 Å². The largest absolute Gasteiger partial charge is 0.488 e. The second kappa shape index (κ2) is 12.5. The van der Waals surface area contributed by atoms with Crippen LogP contribution < -0.4 is 4.74 Å². The molecule has 2 saturated carbocycles. The van der Waals surface area contributed by atoms with Gasteiger partial charge in [-0.3, -0.25) is 24.8 Å². The van der Waals surface area contributed by atoms with E-state index in [1.165, 1.54) is 62.4 Å². The number of amides is 1. The Balaban J connectivity index is 1.32. The van der Waals surface area contributed by atoms with Gasteiger partial charge in [0.2, 0.25) is 0 Å². The molecule has 3 aliphatic rings. The fourth-order valence-corrected chi connectivity index (χ4v) is 7.02. The van der Waals surface area contributed by atoms with Crippen molar-refractivity contribution >= 4 is 50.5 Å². The highest BCUT2D eigenvalue weighted by atomic mass is 79.9. The number of nitro groups is 1. The van der Waals surface area contributed by atoms with Crippen LogP contribution in [0.25, 0.3) is 6.08 Å². The van der Waals surface area contributed by atoms with Gasteiger partial charge in [0.05, 0.1) is 20.3 Å². The summed E-state index contributed by atoms with van der Waals surface area (Å²) in [6, 6.07) is 12.7. The Morgan fingerprint density at radius 2 is 1.79 bits per heavy atom. The van der Waals surface area contributed by atoms with E-state index >= 15 is 0 Å². The van der Waals surface area contributed by atoms with Crippen LogP contribution >= 0.6 is 27.7 Å². The number of amidine groups is 1. The third kappa shape index (κ3) is 6.49. The van der Waals surface area contributed by atoms with Crippen LogP contribution in [-0.2, 0) is 11.4 Å². The molecule has 0 bridgehead atoms. The van der Waals surface area contributed by atoms with Gasteiger partial charge in [0.15, 0.2) is 5.17 Å². The lowest BCUT2D eigenvalue weighted by Crippen LogP contribution is -2.41. The maximum absolute atomic E-state index is 13.6. The van der Waals surface area contributed by atoms with Crippen molar-refractivity contribution in [2.75, 3.05) is 0 Å². The number of non-ortho nitro benzene ring substituents is 1. The summed E-state index contributed by atoms with van der Waals surface area (Å²) in [6.45, 7) is 0.215. The quantitative estimate of drug-likeness (QED) is 0.184. The normalized spacial score (nSPS) is 21.4. The highest BCUT2D eigenvalue weighted by molar-refractivity contribution is 9.10. The molecule has 2 aromatic rings. The molecule has 0 N–H and O–H groups in total. The van der Waals surface area contributed by atoms with Gasteiger partial charge in [0.25, 0.3) is 11.6 Å². The third-order valence-corrected chi connectivity index (χ3v) is 9.03. The van der Waals surface area contributed by atoms with Crippen molar-refractivity contribution < 1.29 is 14.5 Å². The standard InChI is InChI=1S/C29H32BrN3O4S/c30-25-17-20(14-15-26(25)37-19-21-8-7-13-24(16-21)33(35)36)18-27-28(34)32(23-11-5-2-6-12-23)29(38-27)31-22-9-3-1-4-10-22/h7-8,13-18,22-23H,1-6,9-12,19H2. The first-order chi connectivity index (χ1) is 18.5. The number of aliphatic imine (C=N–C) groups is 1. The zero-order valence-corrected chi connectivity index (χ0v) is 23.7. The lowest BCUT2D eigenvalue weighted by atomic mass is 9.94. The number of thioether (sulfide) groups is 1. The minimum Gasteiger partial charge on any atom is -0.488 e. The summed E-state index contributed by atoms with van der Waals surface area (Å²) in [6.07, 6.45) is 13.6. The first-order valence-electron chi connectivity index (χ1n) is 13.4. The van der Waals surface area contributed by atoms with Crippen LogP contribution in [0.5, 0.6) is 5.75 Å². The van der Waals surface area contributed by atoms with Crippen molar-refractivity contribution in [2.24, 2.45) is 4.99 Å². The van der Waals surface area contributed by atoms with Crippen molar-refractivity contribution in [3.63, 3.8) is 0 Å².